The first-order valence-electron chi connectivity index (χ1n) is 19.9. The van der Waals surface area contributed by atoms with Crippen LogP contribution < -0.4 is 0 Å². The third kappa shape index (κ3) is 6.66. The van der Waals surface area contributed by atoms with E-state index in [1.54, 1.807) is 0 Å². The molecule has 0 saturated heterocycles. The van der Waals surface area contributed by atoms with Gasteiger partial charge in [0.15, 0.2) is 17.5 Å². The fourth-order valence-electron chi connectivity index (χ4n) is 10.1. The van der Waals surface area contributed by atoms with Crippen molar-refractivity contribution in [1.82, 2.24) is 15.0 Å². The lowest BCUT2D eigenvalue weighted by Crippen LogP contribution is -2.32. The lowest BCUT2D eigenvalue weighted by atomic mass is 9.63. The van der Waals surface area contributed by atoms with E-state index >= 15 is 0 Å². The Bertz CT molecular complexity index is 2500. The van der Waals surface area contributed by atoms with E-state index in [9.17, 15) is 5.26 Å². The molecule has 0 N–H and O–H groups in total. The van der Waals surface area contributed by atoms with Gasteiger partial charge in [-0.15, -0.1) is 0 Å². The zero-order chi connectivity index (χ0) is 36.7. The second kappa shape index (κ2) is 14.2. The highest BCUT2D eigenvalue weighted by Gasteiger charge is 2.37. The largest absolute Gasteiger partial charge is 0.208 e. The minimum Gasteiger partial charge on any atom is -0.208 e. The standard InChI is InChI=1S/C51H42N4/c52-32-33-18-20-47-43(27-33)28-36-23-34-22-35(24-36)26-37(25-34)29-44-31-41(19-21-48(44)47)46-17-8-7-16-45(46)40-14-9-15-42(30-40)51-54-49(38-10-3-1-4-11-38)53-50(55-51)39-12-5-2-6-13-39/h1-21,27,30-31,34-37H,22-26,28-29H2. The Labute approximate surface area is 323 Å². The maximum absolute atomic E-state index is 9.85. The summed E-state index contributed by atoms with van der Waals surface area (Å²) in [5.74, 6) is 5.06. The van der Waals surface area contributed by atoms with Gasteiger partial charge in [0.05, 0.1) is 11.6 Å². The van der Waals surface area contributed by atoms with Gasteiger partial charge in [0, 0.05) is 16.7 Å². The third-order valence-electron chi connectivity index (χ3n) is 12.3. The molecule has 0 radical (unpaired) electrons. The van der Waals surface area contributed by atoms with Crippen LogP contribution in [-0.4, -0.2) is 15.0 Å². The van der Waals surface area contributed by atoms with Gasteiger partial charge in [0.25, 0.3) is 0 Å². The highest BCUT2D eigenvalue weighted by atomic mass is 15.0. The van der Waals surface area contributed by atoms with Crippen molar-refractivity contribution in [1.29, 1.82) is 5.26 Å². The van der Waals surface area contributed by atoms with Crippen LogP contribution in [0.5, 0.6) is 0 Å². The smallest absolute Gasteiger partial charge is 0.164 e. The van der Waals surface area contributed by atoms with Crippen molar-refractivity contribution >= 4 is 0 Å². The molecular formula is C51H42N4. The van der Waals surface area contributed by atoms with E-state index < -0.39 is 0 Å². The lowest BCUT2D eigenvalue weighted by molar-refractivity contribution is 0.0973. The first kappa shape index (κ1) is 33.4. The maximum Gasteiger partial charge on any atom is 0.164 e. The van der Waals surface area contributed by atoms with E-state index in [0.717, 1.165) is 52.5 Å². The van der Waals surface area contributed by atoms with E-state index in [4.69, 9.17) is 15.0 Å². The minimum atomic E-state index is 0.651. The average molecular weight is 711 g/mol. The maximum atomic E-state index is 9.85. The molecule has 2 saturated carbocycles. The van der Waals surface area contributed by atoms with Crippen LogP contribution in [0, 0.1) is 35.0 Å². The SMILES string of the molecule is N#Cc1ccc2c(c1)CC1CC3CC(Cc4cc(-c5ccccc5-c5cccc(-c6nc(-c7ccccc7)nc(-c7ccccc7)n6)c5)ccc4-2)CC(C1)C3. The minimum absolute atomic E-state index is 0.651. The predicted molar refractivity (Wildman–Crippen MR) is 222 cm³/mol. The van der Waals surface area contributed by atoms with E-state index in [0.29, 0.717) is 29.3 Å². The highest BCUT2D eigenvalue weighted by molar-refractivity contribution is 5.87. The van der Waals surface area contributed by atoms with Gasteiger partial charge >= 0.3 is 0 Å². The molecule has 4 nitrogen and oxygen atoms in total. The Morgan fingerprint density at radius 3 is 1.42 bits per heavy atom. The molecule has 2 fully saturated rings. The summed E-state index contributed by atoms with van der Waals surface area (Å²) >= 11 is 0. The number of aromatic nitrogens is 3. The number of hydrogen-bond donors (Lipinski definition) is 0. The molecule has 55 heavy (non-hydrogen) atoms. The molecule has 0 amide bonds. The molecule has 2 atom stereocenters. The van der Waals surface area contributed by atoms with Crippen LogP contribution in [0.4, 0.5) is 0 Å². The van der Waals surface area contributed by atoms with Crippen molar-refractivity contribution in [2.75, 3.05) is 0 Å². The summed E-state index contributed by atoms with van der Waals surface area (Å²) < 4.78 is 0. The summed E-state index contributed by atoms with van der Waals surface area (Å²) in [4.78, 5) is 15.0. The second-order valence-electron chi connectivity index (χ2n) is 16.1. The molecule has 1 heterocycles. The average Bonchev–Trinajstić information content (AvgIpc) is 3.26. The number of benzene rings is 6. The first-order valence-corrected chi connectivity index (χ1v) is 19.9. The Morgan fingerprint density at radius 1 is 0.382 bits per heavy atom. The van der Waals surface area contributed by atoms with E-state index in [1.807, 2.05) is 66.7 Å². The lowest BCUT2D eigenvalue weighted by Gasteiger charge is -2.42. The highest BCUT2D eigenvalue weighted by Crippen LogP contribution is 2.49. The topological polar surface area (TPSA) is 62.5 Å². The Morgan fingerprint density at radius 2 is 0.836 bits per heavy atom. The van der Waals surface area contributed by atoms with Gasteiger partial charge in [0.1, 0.15) is 0 Å². The normalized spacial score (nSPS) is 19.8. The van der Waals surface area contributed by atoms with Gasteiger partial charge in [0.2, 0.25) is 0 Å². The molecule has 4 bridgehead atoms. The van der Waals surface area contributed by atoms with Crippen LogP contribution in [0.15, 0.2) is 146 Å². The van der Waals surface area contributed by atoms with Crippen LogP contribution in [0.2, 0.25) is 0 Å². The molecule has 0 aliphatic heterocycles. The molecular weight excluding hydrogens is 669 g/mol. The van der Waals surface area contributed by atoms with Gasteiger partial charge in [-0.2, -0.15) is 5.26 Å². The molecule has 4 aliphatic carbocycles. The van der Waals surface area contributed by atoms with Crippen LogP contribution in [0.25, 0.3) is 67.5 Å². The van der Waals surface area contributed by atoms with Crippen molar-refractivity contribution < 1.29 is 0 Å². The van der Waals surface area contributed by atoms with Gasteiger partial charge in [-0.25, -0.2) is 15.0 Å². The molecule has 4 aliphatic rings. The van der Waals surface area contributed by atoms with E-state index in [2.05, 4.69) is 84.9 Å². The summed E-state index contributed by atoms with van der Waals surface area (Å²) in [6.07, 6.45) is 8.94. The Hall–Kier alpha value is -6.18. The predicted octanol–water partition coefficient (Wildman–Crippen LogP) is 12.3. The van der Waals surface area contributed by atoms with Crippen molar-refractivity contribution in [3.63, 3.8) is 0 Å². The van der Waals surface area contributed by atoms with Crippen LogP contribution in [0.1, 0.15) is 48.8 Å². The second-order valence-corrected chi connectivity index (χ2v) is 16.1. The summed E-state index contributed by atoms with van der Waals surface area (Å²) in [7, 11) is 0. The first-order chi connectivity index (χ1) is 27.1. The van der Waals surface area contributed by atoms with Gasteiger partial charge in [-0.1, -0.05) is 127 Å². The van der Waals surface area contributed by atoms with Gasteiger partial charge < -0.3 is 0 Å². The fraction of sp³-hybridized carbons (Fsp3) is 0.216. The van der Waals surface area contributed by atoms with Crippen LogP contribution >= 0.6 is 0 Å². The molecule has 6 aromatic carbocycles. The van der Waals surface area contributed by atoms with Crippen molar-refractivity contribution in [3.8, 4) is 73.6 Å². The van der Waals surface area contributed by atoms with Crippen LogP contribution in [0.3, 0.4) is 0 Å². The number of hydrogen-bond acceptors (Lipinski definition) is 4. The van der Waals surface area contributed by atoms with E-state index in [1.165, 1.54) is 71.0 Å². The van der Waals surface area contributed by atoms with Crippen molar-refractivity contribution in [3.05, 3.63) is 162 Å². The molecule has 2 unspecified atom stereocenters. The number of rotatable bonds is 5. The molecule has 4 heteroatoms. The quantitative estimate of drug-likeness (QED) is 0.178. The molecule has 0 spiro atoms. The van der Waals surface area contributed by atoms with Crippen molar-refractivity contribution in [2.45, 2.75) is 44.9 Å². The van der Waals surface area contributed by atoms with Gasteiger partial charge in [-0.05, 0) is 131 Å². The molecule has 1 aromatic heterocycles. The third-order valence-corrected chi connectivity index (χ3v) is 12.3. The molecule has 7 aromatic rings. The number of nitrogens with zero attached hydrogens (tertiary/aromatic N) is 4. The molecule has 11 rings (SSSR count). The monoisotopic (exact) mass is 710 g/mol. The van der Waals surface area contributed by atoms with Crippen molar-refractivity contribution in [2.24, 2.45) is 23.7 Å². The van der Waals surface area contributed by atoms with E-state index in [-0.39, 0.29) is 0 Å². The zero-order valence-electron chi connectivity index (χ0n) is 30.9. The Balaban J connectivity index is 1.07. The summed E-state index contributed by atoms with van der Waals surface area (Å²) in [6.45, 7) is 0. The zero-order valence-corrected chi connectivity index (χ0v) is 30.9. The summed E-state index contributed by atoms with van der Waals surface area (Å²) in [6, 6.07) is 53.7. The summed E-state index contributed by atoms with van der Waals surface area (Å²) in [5.41, 5.74) is 13.8. The van der Waals surface area contributed by atoms with Gasteiger partial charge in [-0.3, -0.25) is 0 Å². The summed E-state index contributed by atoms with van der Waals surface area (Å²) in [5, 5.41) is 9.85. The fourth-order valence-corrected chi connectivity index (χ4v) is 10.1. The molecule has 266 valence electrons. The Kier molecular flexibility index (Phi) is 8.64. The number of nitriles is 1. The van der Waals surface area contributed by atoms with Crippen LogP contribution in [-0.2, 0) is 12.8 Å².